The van der Waals surface area contributed by atoms with Crippen LogP contribution in [0.25, 0.3) is 4.96 Å². The normalized spacial score (nSPS) is 11.3. The van der Waals surface area contributed by atoms with E-state index in [4.69, 9.17) is 9.47 Å². The molecule has 5 nitrogen and oxygen atoms in total. The minimum atomic E-state index is 0.712. The highest BCUT2D eigenvalue weighted by molar-refractivity contribution is 7.15. The summed E-state index contributed by atoms with van der Waals surface area (Å²) in [5, 5.41) is 5.45. The predicted octanol–water partition coefficient (Wildman–Crippen LogP) is 2.70. The third-order valence-electron chi connectivity index (χ3n) is 3.09. The van der Waals surface area contributed by atoms with Crippen LogP contribution in [-0.4, -0.2) is 36.3 Å². The van der Waals surface area contributed by atoms with Gasteiger partial charge < -0.3 is 14.8 Å². The Labute approximate surface area is 123 Å². The number of hydrogen-bond donors (Lipinski definition) is 1. The summed E-state index contributed by atoms with van der Waals surface area (Å²) in [4.78, 5) is 5.41. The fourth-order valence-corrected chi connectivity index (χ4v) is 2.72. The third-order valence-corrected chi connectivity index (χ3v) is 3.85. The molecule has 0 unspecified atom stereocenters. The van der Waals surface area contributed by atoms with E-state index in [0.717, 1.165) is 49.8 Å². The number of unbranched alkanes of at least 4 members (excludes halogenated alkanes) is 1. The zero-order chi connectivity index (χ0) is 14.2. The first-order chi connectivity index (χ1) is 9.86. The molecule has 0 bridgehead atoms. The number of aromatic nitrogens is 2. The van der Waals surface area contributed by atoms with Crippen molar-refractivity contribution in [2.75, 3.05) is 26.9 Å². The Morgan fingerprint density at radius 2 is 2.20 bits per heavy atom. The Morgan fingerprint density at radius 1 is 1.35 bits per heavy atom. The summed E-state index contributed by atoms with van der Waals surface area (Å²) >= 11 is 1.62. The second-order valence-electron chi connectivity index (χ2n) is 4.62. The number of nitrogens with one attached hydrogen (secondary N) is 1. The van der Waals surface area contributed by atoms with Crippen LogP contribution < -0.4 is 10.1 Å². The molecule has 0 aliphatic carbocycles. The number of hydrogen-bond acceptors (Lipinski definition) is 5. The van der Waals surface area contributed by atoms with Crippen molar-refractivity contribution in [3.8, 4) is 5.88 Å². The van der Waals surface area contributed by atoms with E-state index in [1.54, 1.807) is 18.4 Å². The van der Waals surface area contributed by atoms with Gasteiger partial charge in [-0.05, 0) is 19.4 Å². The van der Waals surface area contributed by atoms with Gasteiger partial charge in [0.1, 0.15) is 5.69 Å². The molecule has 0 aliphatic heterocycles. The van der Waals surface area contributed by atoms with E-state index in [2.05, 4.69) is 21.6 Å². The summed E-state index contributed by atoms with van der Waals surface area (Å²) in [5.41, 5.74) is 1.08. The van der Waals surface area contributed by atoms with Crippen molar-refractivity contribution in [1.82, 2.24) is 14.7 Å². The Bertz CT molecular complexity index is 509. The molecule has 0 fully saturated rings. The largest absolute Gasteiger partial charge is 0.480 e. The predicted molar refractivity (Wildman–Crippen MR) is 81.7 cm³/mol. The lowest BCUT2D eigenvalue weighted by Crippen LogP contribution is -2.18. The minimum Gasteiger partial charge on any atom is -0.480 e. The quantitative estimate of drug-likeness (QED) is 0.685. The van der Waals surface area contributed by atoms with E-state index < -0.39 is 0 Å². The van der Waals surface area contributed by atoms with E-state index >= 15 is 0 Å². The molecule has 0 amide bonds. The van der Waals surface area contributed by atoms with E-state index in [1.807, 2.05) is 11.6 Å². The van der Waals surface area contributed by atoms with E-state index in [0.29, 0.717) is 5.88 Å². The van der Waals surface area contributed by atoms with Crippen LogP contribution in [0.5, 0.6) is 5.88 Å². The summed E-state index contributed by atoms with van der Waals surface area (Å²) in [6, 6.07) is 0. The van der Waals surface area contributed by atoms with Crippen LogP contribution in [-0.2, 0) is 11.3 Å². The van der Waals surface area contributed by atoms with Gasteiger partial charge in [-0.2, -0.15) is 4.98 Å². The van der Waals surface area contributed by atoms with Crippen LogP contribution in [0, 0.1) is 0 Å². The molecule has 2 heterocycles. The van der Waals surface area contributed by atoms with Crippen LogP contribution in [0.2, 0.25) is 0 Å². The molecule has 0 spiro atoms. The Kier molecular flexibility index (Phi) is 6.29. The average Bonchev–Trinajstić information content (AvgIpc) is 3.03. The van der Waals surface area contributed by atoms with Crippen LogP contribution in [0.4, 0.5) is 0 Å². The van der Waals surface area contributed by atoms with E-state index in [-0.39, 0.29) is 0 Å². The third kappa shape index (κ3) is 3.94. The maximum atomic E-state index is 5.53. The molecule has 2 rings (SSSR count). The summed E-state index contributed by atoms with van der Waals surface area (Å²) in [5.74, 6) is 0.712. The molecule has 0 aromatic carbocycles. The summed E-state index contributed by atoms with van der Waals surface area (Å²) in [6.45, 7) is 5.57. The lowest BCUT2D eigenvalue weighted by Gasteiger charge is -2.06. The van der Waals surface area contributed by atoms with Crippen molar-refractivity contribution >= 4 is 16.3 Å². The zero-order valence-electron chi connectivity index (χ0n) is 12.2. The fraction of sp³-hybridized carbons (Fsp3) is 0.643. The monoisotopic (exact) mass is 297 g/mol. The first-order valence-electron chi connectivity index (χ1n) is 7.13. The minimum absolute atomic E-state index is 0.712. The molecular formula is C14H23N3O2S. The Balaban J connectivity index is 1.71. The number of imidazole rings is 1. The standard InChI is InChI=1S/C14H23N3O2S/c1-3-4-8-19-9-5-6-15-11-12-13(18-2)16-14-17(12)7-10-20-14/h7,10,15H,3-6,8-9,11H2,1-2H3. The van der Waals surface area contributed by atoms with Gasteiger partial charge in [-0.1, -0.05) is 13.3 Å². The molecule has 6 heteroatoms. The van der Waals surface area contributed by atoms with Gasteiger partial charge >= 0.3 is 0 Å². The molecule has 0 saturated heterocycles. The van der Waals surface area contributed by atoms with E-state index in [1.165, 1.54) is 6.42 Å². The Hall–Kier alpha value is -1.11. The van der Waals surface area contributed by atoms with Crippen molar-refractivity contribution in [1.29, 1.82) is 0 Å². The van der Waals surface area contributed by atoms with Crippen LogP contribution >= 0.6 is 11.3 Å². The van der Waals surface area contributed by atoms with Crippen molar-refractivity contribution in [3.05, 3.63) is 17.3 Å². The lowest BCUT2D eigenvalue weighted by atomic mass is 10.3. The first-order valence-corrected chi connectivity index (χ1v) is 8.01. The highest BCUT2D eigenvalue weighted by atomic mass is 32.1. The Morgan fingerprint density at radius 3 is 3.00 bits per heavy atom. The zero-order valence-corrected chi connectivity index (χ0v) is 13.0. The van der Waals surface area contributed by atoms with E-state index in [9.17, 15) is 0 Å². The molecule has 2 aromatic rings. The number of ether oxygens (including phenoxy) is 2. The van der Waals surface area contributed by atoms with Crippen LogP contribution in [0.1, 0.15) is 31.9 Å². The second-order valence-corrected chi connectivity index (χ2v) is 5.49. The van der Waals surface area contributed by atoms with Gasteiger partial charge in [0.25, 0.3) is 0 Å². The maximum absolute atomic E-state index is 5.53. The highest BCUT2D eigenvalue weighted by Gasteiger charge is 2.12. The smallest absolute Gasteiger partial charge is 0.237 e. The van der Waals surface area contributed by atoms with Crippen molar-refractivity contribution in [3.63, 3.8) is 0 Å². The van der Waals surface area contributed by atoms with Gasteiger partial charge in [0.05, 0.1) is 7.11 Å². The number of rotatable bonds is 10. The average molecular weight is 297 g/mol. The second kappa shape index (κ2) is 8.24. The highest BCUT2D eigenvalue weighted by Crippen LogP contribution is 2.22. The molecule has 1 N–H and O–H groups in total. The molecular weight excluding hydrogens is 274 g/mol. The van der Waals surface area contributed by atoms with Crippen molar-refractivity contribution in [2.45, 2.75) is 32.7 Å². The van der Waals surface area contributed by atoms with Crippen molar-refractivity contribution in [2.24, 2.45) is 0 Å². The fourth-order valence-electron chi connectivity index (χ4n) is 1.99. The van der Waals surface area contributed by atoms with Crippen LogP contribution in [0.15, 0.2) is 11.6 Å². The number of methoxy groups -OCH3 is 1. The number of thiazole rings is 1. The summed E-state index contributed by atoms with van der Waals surface area (Å²) in [7, 11) is 1.66. The summed E-state index contributed by atoms with van der Waals surface area (Å²) < 4.78 is 12.9. The SMILES string of the molecule is CCCCOCCCNCc1c(OC)nc2sccn12. The molecule has 0 aliphatic rings. The maximum Gasteiger partial charge on any atom is 0.237 e. The van der Waals surface area contributed by atoms with Gasteiger partial charge in [0.15, 0.2) is 4.96 Å². The number of nitrogens with zero attached hydrogens (tertiary/aromatic N) is 2. The summed E-state index contributed by atoms with van der Waals surface area (Å²) in [6.07, 6.45) is 5.39. The molecule has 112 valence electrons. The first kappa shape index (κ1) is 15.3. The molecule has 2 aromatic heterocycles. The molecule has 20 heavy (non-hydrogen) atoms. The molecule has 0 saturated carbocycles. The molecule has 0 atom stereocenters. The van der Waals surface area contributed by atoms with Gasteiger partial charge in [-0.15, -0.1) is 11.3 Å². The van der Waals surface area contributed by atoms with Gasteiger partial charge in [0.2, 0.25) is 5.88 Å². The van der Waals surface area contributed by atoms with Crippen molar-refractivity contribution < 1.29 is 9.47 Å². The van der Waals surface area contributed by atoms with Gasteiger partial charge in [-0.25, -0.2) is 0 Å². The topological polar surface area (TPSA) is 47.8 Å². The van der Waals surface area contributed by atoms with Gasteiger partial charge in [0, 0.05) is 31.3 Å². The number of fused-ring (bicyclic) bond motifs is 1. The molecule has 0 radical (unpaired) electrons. The lowest BCUT2D eigenvalue weighted by molar-refractivity contribution is 0.128. The van der Waals surface area contributed by atoms with Crippen LogP contribution in [0.3, 0.4) is 0 Å². The van der Waals surface area contributed by atoms with Gasteiger partial charge in [-0.3, -0.25) is 4.40 Å².